The molecule has 14 aromatic heterocycles. The fourth-order valence-corrected chi connectivity index (χ4v) is 17.4. The highest BCUT2D eigenvalue weighted by Gasteiger charge is 2.27. The van der Waals surface area contributed by atoms with Crippen LogP contribution >= 0.6 is 0 Å². The molecule has 0 saturated heterocycles. The van der Waals surface area contributed by atoms with Crippen LogP contribution in [0.3, 0.4) is 0 Å². The first-order chi connectivity index (χ1) is 65.8. The number of hydrogen-bond acceptors (Lipinski definition) is 22. The molecule has 0 aliphatic rings. The van der Waals surface area contributed by atoms with Crippen molar-refractivity contribution in [2.75, 3.05) is 28.4 Å². The molecule has 0 saturated carbocycles. The largest absolute Gasteiger partial charge is 0.496 e. The summed E-state index contributed by atoms with van der Waals surface area (Å²) < 4.78 is 50.8. The molecule has 0 spiro atoms. The predicted molar refractivity (Wildman–Crippen MR) is 517 cm³/mol. The quantitative estimate of drug-likeness (QED) is 0.0595. The van der Waals surface area contributed by atoms with Gasteiger partial charge in [-0.25, -0.2) is 19.2 Å². The zero-order valence-corrected chi connectivity index (χ0v) is 77.1. The Bertz CT molecular complexity index is 7800. The minimum Gasteiger partial charge on any atom is -0.496 e. The lowest BCUT2D eigenvalue weighted by atomic mass is 10.0. The number of hydrogen-bond donors (Lipinski definition) is 2. The summed E-state index contributed by atoms with van der Waals surface area (Å²) >= 11 is 0. The van der Waals surface area contributed by atoms with Crippen LogP contribution in [0.2, 0.25) is 0 Å². The van der Waals surface area contributed by atoms with Crippen LogP contribution < -0.4 is 9.47 Å². The highest BCUT2D eigenvalue weighted by Crippen LogP contribution is 2.43. The summed E-state index contributed by atoms with van der Waals surface area (Å²) in [5.41, 5.74) is 31.8. The maximum absolute atomic E-state index is 12.2. The Morgan fingerprint density at radius 2 is 0.743 bits per heavy atom. The number of esters is 2. The molecule has 2 N–H and O–H groups in total. The number of carboxylic acids is 2. The van der Waals surface area contributed by atoms with Gasteiger partial charge in [0.05, 0.1) is 130 Å². The van der Waals surface area contributed by atoms with E-state index in [-0.39, 0.29) is 23.1 Å². The van der Waals surface area contributed by atoms with Crippen molar-refractivity contribution in [3.05, 3.63) is 358 Å². The second kappa shape index (κ2) is 39.0. The highest BCUT2D eigenvalue weighted by molar-refractivity contribution is 6.02. The average Bonchev–Trinajstić information content (AvgIpc) is 1.62. The SMILES string of the molecule is COC(=O)c1ccc(-c2cn(Cc3cccc(C)n3)c3cc(-c4c(C)noc4C)cnc23)cc1OC.COC(=O)c1ccc(-c2cn(Cc3ccccc3)c3cc(-c4c(C)noc4C)cnc23)cc1.COc1cc(-c2cn([C@@H](C)c3ccccn3)c3cc(-c4c(C)noc4C)cnc23)ccc1C(=O)O.Cc1noc(C)c1-c1cnc2c(-c3ccc(C(=O)O)cc3)cn(Cc3ccccc3)c2c1. The number of nitrogens with zero attached hydrogens (tertiary/aromatic N) is 14. The van der Waals surface area contributed by atoms with Crippen LogP contribution in [0, 0.1) is 62.3 Å². The van der Waals surface area contributed by atoms with Gasteiger partial charge in [-0.05, 0) is 200 Å². The van der Waals surface area contributed by atoms with E-state index in [1.807, 2.05) is 202 Å². The number of benzene rings is 6. The second-order valence-electron chi connectivity index (χ2n) is 32.9. The molecule has 1 atom stereocenters. The Morgan fingerprint density at radius 3 is 1.13 bits per heavy atom. The minimum absolute atomic E-state index is 0.0747. The van der Waals surface area contributed by atoms with Gasteiger partial charge in [0, 0.05) is 141 Å². The number of aromatic nitrogens is 14. The first-order valence-corrected chi connectivity index (χ1v) is 43.7. The molecule has 20 rings (SSSR count). The first kappa shape index (κ1) is 90.6. The summed E-state index contributed by atoms with van der Waals surface area (Å²) in [6, 6.07) is 65.6. The second-order valence-corrected chi connectivity index (χ2v) is 32.9. The summed E-state index contributed by atoms with van der Waals surface area (Å²) in [5, 5.41) is 35.1. The van der Waals surface area contributed by atoms with Crippen molar-refractivity contribution in [3.63, 3.8) is 0 Å². The van der Waals surface area contributed by atoms with Gasteiger partial charge < -0.3 is 65.5 Å². The van der Waals surface area contributed by atoms with Crippen molar-refractivity contribution >= 4 is 68.0 Å². The molecule has 0 bridgehead atoms. The van der Waals surface area contributed by atoms with Crippen molar-refractivity contribution in [2.24, 2.45) is 0 Å². The van der Waals surface area contributed by atoms with Gasteiger partial charge in [-0.15, -0.1) is 0 Å². The third kappa shape index (κ3) is 18.5. The molecule has 28 heteroatoms. The molecule has 0 aliphatic carbocycles. The van der Waals surface area contributed by atoms with Crippen molar-refractivity contribution in [2.45, 2.75) is 94.9 Å². The van der Waals surface area contributed by atoms with Gasteiger partial charge in [-0.3, -0.25) is 29.9 Å². The standard InChI is InChI=1S/C28H26N4O4.C27H24N4O4.C27H23N3O3.C26H21N3O3/c1-16-7-6-8-21(30-16)14-32-15-23(19-9-10-22(28(33)35-5)25(12-19)34-4)27-24(32)11-20(13-29-27)26-17(2)31-36-18(26)3;1-15-25(17(3)35-30-15)19-11-23-26(29-13-19)21(14-31(23)16(2)22-7-5-6-10-28-22)18-8-9-20(27(32)33)24(12-18)34-4;1-17-25(18(2)33-29-17)22-13-24-26(28-14-22)23(16-30(24)15-19-7-5-4-6-8-19)20-9-11-21(12-10-20)27(31)32-3;1-16-24(17(2)32-28-16)21-12-23-25(27-13-21)22(19-8-10-20(11-9-19)26(30)31)15-29(23)14-18-6-4-3-5-7-18/h6-13,15H,14H2,1-5H3;5-14,16H,1-4H3,(H,32,33);4-14,16H,15H2,1-3H3;3-13,15H,14H2,1-2H3,(H,30,31)/t;16-;;/m.0../s1. The van der Waals surface area contributed by atoms with E-state index in [1.54, 1.807) is 54.7 Å². The topological polar surface area (TPSA) is 347 Å². The van der Waals surface area contributed by atoms with Gasteiger partial charge in [0.1, 0.15) is 45.7 Å². The number of pyridine rings is 6. The molecule has 0 fully saturated rings. The summed E-state index contributed by atoms with van der Waals surface area (Å²) in [4.78, 5) is 75.4. The van der Waals surface area contributed by atoms with E-state index in [0.717, 1.165) is 196 Å². The molecule has 0 aliphatic heterocycles. The number of methoxy groups -OCH3 is 4. The molecule has 14 heterocycles. The molecule has 0 amide bonds. The van der Waals surface area contributed by atoms with Crippen molar-refractivity contribution < 1.29 is 66.4 Å². The van der Waals surface area contributed by atoms with E-state index in [4.69, 9.17) is 57.0 Å². The Balaban J connectivity index is 0.000000126. The van der Waals surface area contributed by atoms with Crippen molar-refractivity contribution in [1.82, 2.24) is 68.8 Å². The normalized spacial score (nSPS) is 11.4. The van der Waals surface area contributed by atoms with Gasteiger partial charge >= 0.3 is 23.9 Å². The molecule has 680 valence electrons. The Kier molecular flexibility index (Phi) is 26.0. The van der Waals surface area contributed by atoms with Gasteiger partial charge in [-0.1, -0.05) is 130 Å². The lowest BCUT2D eigenvalue weighted by molar-refractivity contribution is 0.0589. The number of carbonyl (C=O) groups is 4. The van der Waals surface area contributed by atoms with E-state index in [1.165, 1.54) is 39.6 Å². The van der Waals surface area contributed by atoms with Crippen LogP contribution in [0.25, 0.3) is 133 Å². The molecule has 136 heavy (non-hydrogen) atoms. The third-order valence-corrected chi connectivity index (χ3v) is 24.0. The van der Waals surface area contributed by atoms with E-state index in [9.17, 15) is 29.4 Å². The molecule has 28 nitrogen and oxygen atoms in total. The van der Waals surface area contributed by atoms with Gasteiger partial charge in [0.2, 0.25) is 0 Å². The number of fused-ring (bicyclic) bond motifs is 4. The number of carboxylic acid groups (broad SMARTS) is 2. The Labute approximate surface area is 781 Å². The van der Waals surface area contributed by atoms with Gasteiger partial charge in [-0.2, -0.15) is 0 Å². The predicted octanol–water partition coefficient (Wildman–Crippen LogP) is 22.7. The smallest absolute Gasteiger partial charge is 0.341 e. The van der Waals surface area contributed by atoms with E-state index >= 15 is 0 Å². The number of carbonyl (C=O) groups excluding carboxylic acids is 2. The van der Waals surface area contributed by atoms with Crippen LogP contribution in [-0.4, -0.2) is 131 Å². The van der Waals surface area contributed by atoms with Crippen LogP contribution in [0.15, 0.2) is 280 Å². The Hall–Kier alpha value is -17.3. The lowest BCUT2D eigenvalue weighted by Crippen LogP contribution is -2.07. The summed E-state index contributed by atoms with van der Waals surface area (Å²) in [7, 11) is 5.73. The monoisotopic (exact) mass is 1810 g/mol. The van der Waals surface area contributed by atoms with Crippen LogP contribution in [0.4, 0.5) is 0 Å². The average molecular weight is 1810 g/mol. The number of aryl methyl sites for hydroxylation is 9. The molecule has 6 aromatic carbocycles. The zero-order valence-electron chi connectivity index (χ0n) is 77.1. The van der Waals surface area contributed by atoms with Gasteiger partial charge in [0.25, 0.3) is 0 Å². The Morgan fingerprint density at radius 1 is 0.360 bits per heavy atom. The molecule has 0 radical (unpaired) electrons. The minimum atomic E-state index is -1.04. The maximum Gasteiger partial charge on any atom is 0.341 e. The number of ether oxygens (including phenoxy) is 4. The van der Waals surface area contributed by atoms with Gasteiger partial charge in [0.15, 0.2) is 0 Å². The summed E-state index contributed by atoms with van der Waals surface area (Å²) in [6.07, 6.45) is 17.4. The summed E-state index contributed by atoms with van der Waals surface area (Å²) in [5.74, 6) is 0.955. The van der Waals surface area contributed by atoms with Crippen molar-refractivity contribution in [1.29, 1.82) is 0 Å². The fraction of sp³-hybridized carbons (Fsp3) is 0.167. The van der Waals surface area contributed by atoms with Crippen LogP contribution in [-0.2, 0) is 29.1 Å². The van der Waals surface area contributed by atoms with Crippen LogP contribution in [0.5, 0.6) is 11.5 Å². The van der Waals surface area contributed by atoms with Crippen molar-refractivity contribution in [3.8, 4) is 101 Å². The van der Waals surface area contributed by atoms with E-state index < -0.39 is 17.9 Å². The first-order valence-electron chi connectivity index (χ1n) is 43.7. The fourth-order valence-electron chi connectivity index (χ4n) is 17.4. The van der Waals surface area contributed by atoms with E-state index in [0.29, 0.717) is 42.3 Å². The number of aromatic carboxylic acids is 2. The zero-order chi connectivity index (χ0) is 95.3. The van der Waals surface area contributed by atoms with E-state index in [2.05, 4.69) is 123 Å². The third-order valence-electron chi connectivity index (χ3n) is 24.0. The van der Waals surface area contributed by atoms with Crippen LogP contribution in [0.1, 0.15) is 128 Å². The summed E-state index contributed by atoms with van der Waals surface area (Å²) in [6.45, 7) is 21.3. The number of rotatable bonds is 22. The molecule has 20 aromatic rings. The molecular weight excluding hydrogens is 1720 g/mol. The molecule has 0 unspecified atom stereocenters. The lowest BCUT2D eigenvalue weighted by Gasteiger charge is -2.15. The highest BCUT2D eigenvalue weighted by atomic mass is 16.5. The maximum atomic E-state index is 12.2. The molecular formula is C108H94N14O14.